The number of benzene rings is 7. The number of hydrogen-bond acceptors (Lipinski definition) is 0. The number of nitrogens with zero attached hydrogens (tertiary/aromatic N) is 1. The first-order valence-corrected chi connectivity index (χ1v) is 15.8. The minimum atomic E-state index is 0.252. The molecule has 0 bridgehead atoms. The molecule has 7 aromatic carbocycles. The van der Waals surface area contributed by atoms with E-state index in [4.69, 9.17) is 0 Å². The molecule has 1 heteroatoms. The molecule has 0 N–H and O–H groups in total. The van der Waals surface area contributed by atoms with Crippen LogP contribution in [0.2, 0.25) is 0 Å². The maximum absolute atomic E-state index is 2.63. The third kappa shape index (κ3) is 3.74. The lowest BCUT2D eigenvalue weighted by molar-refractivity contribution is 0.665. The second-order valence-corrected chi connectivity index (χ2v) is 12.6. The molecule has 10 rings (SSSR count). The van der Waals surface area contributed by atoms with Crippen LogP contribution >= 0.6 is 0 Å². The Morgan fingerprint density at radius 3 is 1.60 bits per heavy atom. The van der Waals surface area contributed by atoms with E-state index in [1.165, 1.54) is 82.0 Å². The van der Waals surface area contributed by atoms with Gasteiger partial charge in [-0.2, -0.15) is 0 Å². The molecule has 0 saturated heterocycles. The van der Waals surface area contributed by atoms with Crippen LogP contribution in [0.5, 0.6) is 0 Å². The SMILES string of the molecule is C1=c2ccccc2=CC2C1c1cc(-c3cc(-c4ccccc4)cc(-c4ccccc4)c3)cc3c4cc5ccccc5cc4n2c13. The van der Waals surface area contributed by atoms with E-state index in [9.17, 15) is 0 Å². The molecule has 1 aliphatic carbocycles. The zero-order valence-electron chi connectivity index (χ0n) is 24.7. The lowest BCUT2D eigenvalue weighted by Gasteiger charge is -2.21. The maximum Gasteiger partial charge on any atom is 0.0636 e. The van der Waals surface area contributed by atoms with Gasteiger partial charge in [-0.1, -0.05) is 121 Å². The molecule has 2 aliphatic rings. The Morgan fingerprint density at radius 2 is 0.933 bits per heavy atom. The van der Waals surface area contributed by atoms with E-state index >= 15 is 0 Å². The van der Waals surface area contributed by atoms with Crippen LogP contribution in [0.1, 0.15) is 17.5 Å². The summed E-state index contributed by atoms with van der Waals surface area (Å²) in [4.78, 5) is 0. The number of fused-ring (bicyclic) bond motifs is 8. The highest BCUT2D eigenvalue weighted by atomic mass is 15.0. The van der Waals surface area contributed by atoms with Gasteiger partial charge in [-0.3, -0.25) is 0 Å². The van der Waals surface area contributed by atoms with Crippen LogP contribution in [0.3, 0.4) is 0 Å². The first-order chi connectivity index (χ1) is 22.3. The topological polar surface area (TPSA) is 4.93 Å². The lowest BCUT2D eigenvalue weighted by atomic mass is 9.85. The van der Waals surface area contributed by atoms with E-state index in [-0.39, 0.29) is 6.04 Å². The van der Waals surface area contributed by atoms with Gasteiger partial charge >= 0.3 is 0 Å². The maximum atomic E-state index is 2.63. The highest BCUT2D eigenvalue weighted by Gasteiger charge is 2.35. The molecule has 1 aliphatic heterocycles. The van der Waals surface area contributed by atoms with Crippen LogP contribution in [-0.2, 0) is 0 Å². The molecule has 0 saturated carbocycles. The molecular formula is C44H29N. The lowest BCUT2D eigenvalue weighted by Crippen LogP contribution is -2.31. The van der Waals surface area contributed by atoms with Gasteiger partial charge in [0.2, 0.25) is 0 Å². The van der Waals surface area contributed by atoms with E-state index in [1.807, 2.05) is 0 Å². The van der Waals surface area contributed by atoms with Gasteiger partial charge < -0.3 is 4.57 Å². The Balaban J connectivity index is 1.29. The molecule has 45 heavy (non-hydrogen) atoms. The van der Waals surface area contributed by atoms with Crippen molar-refractivity contribution in [3.8, 4) is 33.4 Å². The molecule has 2 unspecified atom stereocenters. The Bertz CT molecular complexity index is 2530. The predicted molar refractivity (Wildman–Crippen MR) is 190 cm³/mol. The second kappa shape index (κ2) is 9.42. The molecule has 0 fully saturated rings. The van der Waals surface area contributed by atoms with Gasteiger partial charge in [-0.15, -0.1) is 0 Å². The first-order valence-electron chi connectivity index (χ1n) is 15.8. The smallest absolute Gasteiger partial charge is 0.0636 e. The summed E-state index contributed by atoms with van der Waals surface area (Å²) in [5.74, 6) is 0.291. The van der Waals surface area contributed by atoms with Gasteiger partial charge in [0.15, 0.2) is 0 Å². The van der Waals surface area contributed by atoms with E-state index in [2.05, 4.69) is 168 Å². The van der Waals surface area contributed by atoms with E-state index in [1.54, 1.807) is 0 Å². The van der Waals surface area contributed by atoms with E-state index < -0.39 is 0 Å². The average Bonchev–Trinajstić information content (AvgIpc) is 3.60. The van der Waals surface area contributed by atoms with Crippen molar-refractivity contribution in [2.24, 2.45) is 0 Å². The van der Waals surface area contributed by atoms with Crippen LogP contribution in [-0.4, -0.2) is 4.57 Å². The van der Waals surface area contributed by atoms with Crippen molar-refractivity contribution in [3.05, 3.63) is 168 Å². The molecule has 0 spiro atoms. The number of aromatic nitrogens is 1. The van der Waals surface area contributed by atoms with Crippen molar-refractivity contribution in [2.75, 3.05) is 0 Å². The van der Waals surface area contributed by atoms with Gasteiger partial charge in [0.25, 0.3) is 0 Å². The molecular weight excluding hydrogens is 542 g/mol. The Hall–Kier alpha value is -5.66. The Morgan fingerprint density at radius 1 is 0.400 bits per heavy atom. The van der Waals surface area contributed by atoms with Crippen molar-refractivity contribution in [2.45, 2.75) is 12.0 Å². The standard InChI is InChI=1S/C44H29N/c1-3-11-28(12-4-1)34-19-35(29-13-5-2-6-14-29)21-36(20-34)37-24-40-38-22-30-15-7-9-17-32(30)26-42(38)45-43-27-33-18-10-8-16-31(33)23-39(43)41(25-37)44(40)45/h1-27,38,42H. The Labute approximate surface area is 261 Å². The summed E-state index contributed by atoms with van der Waals surface area (Å²) >= 11 is 0. The van der Waals surface area contributed by atoms with Gasteiger partial charge in [0, 0.05) is 16.7 Å². The second-order valence-electron chi connectivity index (χ2n) is 12.6. The molecule has 2 atom stereocenters. The van der Waals surface area contributed by atoms with Crippen molar-refractivity contribution in [1.29, 1.82) is 0 Å². The molecule has 210 valence electrons. The fourth-order valence-corrected chi connectivity index (χ4v) is 7.92. The van der Waals surface area contributed by atoms with Crippen molar-refractivity contribution in [1.82, 2.24) is 4.57 Å². The molecule has 2 heterocycles. The summed E-state index contributed by atoms with van der Waals surface area (Å²) in [5, 5.41) is 7.91. The summed E-state index contributed by atoms with van der Waals surface area (Å²) in [6, 6.07) is 56.3. The summed E-state index contributed by atoms with van der Waals surface area (Å²) in [6.07, 6.45) is 5.01. The summed E-state index contributed by atoms with van der Waals surface area (Å²) < 4.78 is 2.63. The monoisotopic (exact) mass is 571 g/mol. The zero-order chi connectivity index (χ0) is 29.5. The van der Waals surface area contributed by atoms with Crippen LogP contribution in [0.15, 0.2) is 152 Å². The average molecular weight is 572 g/mol. The van der Waals surface area contributed by atoms with E-state index in [0.29, 0.717) is 5.92 Å². The molecule has 1 nitrogen and oxygen atoms in total. The molecule has 0 radical (unpaired) electrons. The minimum absolute atomic E-state index is 0.252. The van der Waals surface area contributed by atoms with E-state index in [0.717, 1.165) is 0 Å². The van der Waals surface area contributed by atoms with Crippen LogP contribution < -0.4 is 10.4 Å². The highest BCUT2D eigenvalue weighted by molar-refractivity contribution is 6.16. The largest absolute Gasteiger partial charge is 0.332 e. The van der Waals surface area contributed by atoms with Crippen molar-refractivity contribution < 1.29 is 0 Å². The van der Waals surface area contributed by atoms with Crippen LogP contribution in [0, 0.1) is 0 Å². The minimum Gasteiger partial charge on any atom is -0.332 e. The van der Waals surface area contributed by atoms with Gasteiger partial charge in [-0.25, -0.2) is 0 Å². The normalized spacial score (nSPS) is 16.4. The molecule has 1 aromatic heterocycles. The number of rotatable bonds is 3. The fourth-order valence-electron chi connectivity index (χ4n) is 7.92. The predicted octanol–water partition coefficient (Wildman–Crippen LogP) is 9.86. The third-order valence-electron chi connectivity index (χ3n) is 10.0. The Kier molecular flexibility index (Phi) is 5.18. The van der Waals surface area contributed by atoms with Gasteiger partial charge in [0.1, 0.15) is 0 Å². The number of hydrogen-bond donors (Lipinski definition) is 0. The van der Waals surface area contributed by atoms with Crippen molar-refractivity contribution in [3.63, 3.8) is 0 Å². The first kappa shape index (κ1) is 24.7. The zero-order valence-corrected chi connectivity index (χ0v) is 24.7. The summed E-state index contributed by atoms with van der Waals surface area (Å²) in [7, 11) is 0. The van der Waals surface area contributed by atoms with Gasteiger partial charge in [0.05, 0.1) is 17.1 Å². The molecule has 8 aromatic rings. The van der Waals surface area contributed by atoms with Crippen molar-refractivity contribution >= 4 is 44.7 Å². The molecule has 0 amide bonds. The van der Waals surface area contributed by atoms with Crippen LogP contribution in [0.25, 0.3) is 78.1 Å². The highest BCUT2D eigenvalue weighted by Crippen LogP contribution is 2.51. The summed E-state index contributed by atoms with van der Waals surface area (Å²) in [5.41, 5.74) is 11.6. The van der Waals surface area contributed by atoms with Gasteiger partial charge in [-0.05, 0) is 103 Å². The quantitative estimate of drug-likeness (QED) is 0.199. The third-order valence-corrected chi connectivity index (χ3v) is 10.0. The fraction of sp³-hybridized carbons (Fsp3) is 0.0455. The summed E-state index contributed by atoms with van der Waals surface area (Å²) in [6.45, 7) is 0. The van der Waals surface area contributed by atoms with Crippen LogP contribution in [0.4, 0.5) is 0 Å².